The largest absolute Gasteiger partial charge is 0.366 e. The second-order valence-corrected chi connectivity index (χ2v) is 8.81. The van der Waals surface area contributed by atoms with Crippen LogP contribution in [0.4, 0.5) is 0 Å². The number of rotatable bonds is 4. The van der Waals surface area contributed by atoms with Gasteiger partial charge in [0, 0.05) is 10.3 Å². The highest BCUT2D eigenvalue weighted by atomic mass is 32.2. The number of nitrogens with zero attached hydrogens (tertiary/aromatic N) is 2. The third kappa shape index (κ3) is 2.89. The van der Waals surface area contributed by atoms with Gasteiger partial charge in [-0.3, -0.25) is 9.59 Å². The van der Waals surface area contributed by atoms with Crippen LogP contribution in [-0.2, 0) is 18.6 Å². The number of pyridine rings is 1. The lowest BCUT2D eigenvalue weighted by Gasteiger charge is -2.07. The summed E-state index contributed by atoms with van der Waals surface area (Å²) in [6, 6.07) is 9.11. The van der Waals surface area contributed by atoms with Gasteiger partial charge in [-0.2, -0.15) is 0 Å². The van der Waals surface area contributed by atoms with Crippen LogP contribution in [0, 0.1) is 0 Å². The molecule has 0 saturated heterocycles. The van der Waals surface area contributed by atoms with Crippen molar-refractivity contribution in [2.24, 2.45) is 5.73 Å². The van der Waals surface area contributed by atoms with Gasteiger partial charge in [-0.15, -0.1) is 11.3 Å². The van der Waals surface area contributed by atoms with E-state index in [4.69, 9.17) is 5.73 Å². The number of thioether (sulfide) groups is 1. The molecule has 3 aromatic heterocycles. The summed E-state index contributed by atoms with van der Waals surface area (Å²) >= 11 is 3.05. The Hall–Kier alpha value is -2.71. The fourth-order valence-corrected chi connectivity index (χ4v) is 5.75. The first-order valence-corrected chi connectivity index (χ1v) is 10.8. The number of carbonyl (C=O) groups is 1. The van der Waals surface area contributed by atoms with Gasteiger partial charge in [0.1, 0.15) is 10.7 Å². The molecule has 0 radical (unpaired) electrons. The summed E-state index contributed by atoms with van der Waals surface area (Å²) in [5, 5.41) is 2.16. The lowest BCUT2D eigenvalue weighted by molar-refractivity contribution is 0.100. The normalized spacial score (nSPS) is 13.3. The number of primary amides is 1. The van der Waals surface area contributed by atoms with Crippen molar-refractivity contribution >= 4 is 50.1 Å². The minimum Gasteiger partial charge on any atom is -0.366 e. The number of hydrogen-bond acceptors (Lipinski definition) is 6. The van der Waals surface area contributed by atoms with Gasteiger partial charge < -0.3 is 10.7 Å². The third-order valence-electron chi connectivity index (χ3n) is 4.94. The maximum absolute atomic E-state index is 12.6. The van der Waals surface area contributed by atoms with E-state index in [-0.39, 0.29) is 5.56 Å². The van der Waals surface area contributed by atoms with E-state index >= 15 is 0 Å². The number of nitrogens with one attached hydrogen (secondary N) is 1. The highest BCUT2D eigenvalue weighted by molar-refractivity contribution is 7.98. The highest BCUT2D eigenvalue weighted by Crippen LogP contribution is 2.35. The molecule has 1 amide bonds. The second-order valence-electron chi connectivity index (χ2n) is 6.73. The maximum atomic E-state index is 12.6. The topological polar surface area (TPSA) is 102 Å². The Morgan fingerprint density at radius 3 is 2.96 bits per heavy atom. The molecule has 0 saturated carbocycles. The van der Waals surface area contributed by atoms with Gasteiger partial charge in [0.25, 0.3) is 5.56 Å². The molecule has 1 aromatic carbocycles. The van der Waals surface area contributed by atoms with Crippen molar-refractivity contribution in [2.45, 2.75) is 30.0 Å². The Morgan fingerprint density at radius 1 is 1.25 bits per heavy atom. The quantitative estimate of drug-likeness (QED) is 0.504. The summed E-state index contributed by atoms with van der Waals surface area (Å²) in [5.41, 5.74) is 7.81. The van der Waals surface area contributed by atoms with Crippen molar-refractivity contribution in [1.29, 1.82) is 0 Å². The number of H-pyrrole nitrogens is 1. The summed E-state index contributed by atoms with van der Waals surface area (Å²) in [4.78, 5) is 38.7. The molecule has 1 aliphatic carbocycles. The standard InChI is InChI=1S/C20H16N4O2S2/c21-18(25)12-8-16(22-13-6-2-1-4-10(12)13)27-9-15-23-19(26)17-11-5-3-7-14(11)28-20(17)24-15/h1-2,4,6,8H,3,5,7,9H2,(H2,21,25)(H,23,24,26). The highest BCUT2D eigenvalue weighted by Gasteiger charge is 2.21. The van der Waals surface area contributed by atoms with Crippen molar-refractivity contribution in [2.75, 3.05) is 0 Å². The number of benzene rings is 1. The first-order chi connectivity index (χ1) is 13.6. The van der Waals surface area contributed by atoms with Crippen molar-refractivity contribution in [3.8, 4) is 0 Å². The Kier molecular flexibility index (Phi) is 4.17. The summed E-state index contributed by atoms with van der Waals surface area (Å²) in [6.07, 6.45) is 3.12. The van der Waals surface area contributed by atoms with E-state index < -0.39 is 5.91 Å². The minimum atomic E-state index is -0.485. The van der Waals surface area contributed by atoms with Crippen LogP contribution in [0.2, 0.25) is 0 Å². The SMILES string of the molecule is NC(=O)c1cc(SCc2nc3sc4c(c3c(=O)[nH]2)CCC4)nc2ccccc12. The van der Waals surface area contributed by atoms with E-state index in [9.17, 15) is 9.59 Å². The number of aryl methyl sites for hydroxylation is 2. The maximum Gasteiger partial charge on any atom is 0.259 e. The van der Waals surface area contributed by atoms with Gasteiger partial charge in [-0.1, -0.05) is 30.0 Å². The molecule has 3 N–H and O–H groups in total. The molecule has 3 heterocycles. The molecular weight excluding hydrogens is 392 g/mol. The van der Waals surface area contributed by atoms with E-state index in [1.807, 2.05) is 24.3 Å². The molecule has 6 nitrogen and oxygen atoms in total. The summed E-state index contributed by atoms with van der Waals surface area (Å²) in [5.74, 6) is 0.580. The van der Waals surface area contributed by atoms with Crippen LogP contribution >= 0.6 is 23.1 Å². The van der Waals surface area contributed by atoms with Crippen LogP contribution < -0.4 is 11.3 Å². The summed E-state index contributed by atoms with van der Waals surface area (Å²) in [6.45, 7) is 0. The Bertz CT molecular complexity index is 1310. The zero-order chi connectivity index (χ0) is 19.3. The molecule has 0 aliphatic heterocycles. The van der Waals surface area contributed by atoms with Crippen molar-refractivity contribution in [1.82, 2.24) is 15.0 Å². The fourth-order valence-electron chi connectivity index (χ4n) is 3.69. The molecule has 1 aliphatic rings. The zero-order valence-electron chi connectivity index (χ0n) is 14.8. The number of nitrogens with two attached hydrogens (primary N) is 1. The Balaban J connectivity index is 1.48. The number of amides is 1. The lowest BCUT2D eigenvalue weighted by atomic mass is 10.1. The van der Waals surface area contributed by atoms with Crippen LogP contribution in [0.3, 0.4) is 0 Å². The predicted octanol–water partition coefficient (Wildman–Crippen LogP) is 3.41. The third-order valence-corrected chi connectivity index (χ3v) is 7.05. The van der Waals surface area contributed by atoms with Crippen LogP contribution in [0.15, 0.2) is 40.2 Å². The number of aromatic amines is 1. The molecule has 0 unspecified atom stereocenters. The van der Waals surface area contributed by atoms with Crippen LogP contribution in [0.25, 0.3) is 21.1 Å². The zero-order valence-corrected chi connectivity index (χ0v) is 16.5. The molecule has 140 valence electrons. The molecule has 0 fully saturated rings. The molecule has 0 bridgehead atoms. The Morgan fingerprint density at radius 2 is 2.11 bits per heavy atom. The van der Waals surface area contributed by atoms with Gasteiger partial charge in [0.15, 0.2) is 0 Å². The van der Waals surface area contributed by atoms with E-state index in [0.717, 1.165) is 34.9 Å². The average molecular weight is 409 g/mol. The first kappa shape index (κ1) is 17.4. The molecular formula is C20H16N4O2S2. The van der Waals surface area contributed by atoms with Crippen molar-refractivity contribution in [3.05, 3.63) is 62.5 Å². The van der Waals surface area contributed by atoms with E-state index in [0.29, 0.717) is 27.7 Å². The number of thiophene rings is 1. The van der Waals surface area contributed by atoms with Gasteiger partial charge >= 0.3 is 0 Å². The molecule has 4 aromatic rings. The monoisotopic (exact) mass is 408 g/mol. The fraction of sp³-hybridized carbons (Fsp3) is 0.200. The number of fused-ring (bicyclic) bond motifs is 4. The molecule has 0 spiro atoms. The summed E-state index contributed by atoms with van der Waals surface area (Å²) in [7, 11) is 0. The molecule has 8 heteroatoms. The summed E-state index contributed by atoms with van der Waals surface area (Å²) < 4.78 is 0. The van der Waals surface area contributed by atoms with Gasteiger partial charge in [0.05, 0.1) is 27.2 Å². The van der Waals surface area contributed by atoms with Gasteiger partial charge in [0.2, 0.25) is 5.91 Å². The minimum absolute atomic E-state index is 0.0655. The number of carbonyl (C=O) groups excluding carboxylic acids is 1. The van der Waals surface area contributed by atoms with E-state index in [1.54, 1.807) is 17.4 Å². The van der Waals surface area contributed by atoms with Crippen LogP contribution in [0.1, 0.15) is 33.0 Å². The molecule has 28 heavy (non-hydrogen) atoms. The first-order valence-electron chi connectivity index (χ1n) is 8.96. The average Bonchev–Trinajstić information content (AvgIpc) is 3.26. The number of aromatic nitrogens is 3. The number of hydrogen-bond donors (Lipinski definition) is 2. The number of para-hydroxylation sites is 1. The van der Waals surface area contributed by atoms with Crippen molar-refractivity contribution < 1.29 is 4.79 Å². The molecule has 0 atom stereocenters. The predicted molar refractivity (Wildman–Crippen MR) is 112 cm³/mol. The van der Waals surface area contributed by atoms with E-state index in [1.165, 1.54) is 22.2 Å². The van der Waals surface area contributed by atoms with Gasteiger partial charge in [-0.05, 0) is 37.0 Å². The lowest BCUT2D eigenvalue weighted by Crippen LogP contribution is -2.12. The van der Waals surface area contributed by atoms with Crippen molar-refractivity contribution in [3.63, 3.8) is 0 Å². The smallest absolute Gasteiger partial charge is 0.259 e. The second kappa shape index (κ2) is 6.72. The molecule has 5 rings (SSSR count). The van der Waals surface area contributed by atoms with Crippen LogP contribution in [-0.4, -0.2) is 20.9 Å². The van der Waals surface area contributed by atoms with Crippen LogP contribution in [0.5, 0.6) is 0 Å². The van der Waals surface area contributed by atoms with E-state index in [2.05, 4.69) is 15.0 Å². The Labute approximate surface area is 168 Å². The van der Waals surface area contributed by atoms with Gasteiger partial charge in [-0.25, -0.2) is 9.97 Å².